The van der Waals surface area contributed by atoms with Crippen molar-refractivity contribution in [2.45, 2.75) is 24.7 Å². The first kappa shape index (κ1) is 40.9. The normalized spacial score (nSPS) is 15.2. The second-order valence-corrected chi connectivity index (χ2v) is 20.4. The van der Waals surface area contributed by atoms with E-state index < -0.39 is 5.41 Å². The van der Waals surface area contributed by atoms with Gasteiger partial charge < -0.3 is 9.47 Å². The predicted octanol–water partition coefficient (Wildman–Crippen LogP) is 18.2. The molecule has 1 aromatic heterocycles. The zero-order chi connectivity index (χ0) is 47.7. The van der Waals surface area contributed by atoms with Gasteiger partial charge in [0.15, 0.2) is 0 Å². The summed E-state index contributed by atoms with van der Waals surface area (Å²) in [6.45, 7) is 4.77. The molecule has 2 heteroatoms. The van der Waals surface area contributed by atoms with Gasteiger partial charge in [0, 0.05) is 38.8 Å². The summed E-state index contributed by atoms with van der Waals surface area (Å²) in [5, 5.41) is 2.48. The van der Waals surface area contributed by atoms with Crippen LogP contribution in [0, 0.1) is 0 Å². The molecule has 0 fully saturated rings. The van der Waals surface area contributed by atoms with E-state index in [0.717, 1.165) is 22.7 Å². The van der Waals surface area contributed by atoms with Crippen molar-refractivity contribution in [3.63, 3.8) is 0 Å². The molecule has 0 N–H and O–H groups in total. The van der Waals surface area contributed by atoms with Crippen LogP contribution in [0.3, 0.4) is 0 Å². The van der Waals surface area contributed by atoms with Crippen molar-refractivity contribution >= 4 is 38.9 Å². The van der Waals surface area contributed by atoms with E-state index in [2.05, 4.69) is 278 Å². The van der Waals surface area contributed by atoms with Gasteiger partial charge in [0.2, 0.25) is 0 Å². The Kier molecular flexibility index (Phi) is 8.66. The molecular weight excluding hydrogens is 869 g/mol. The highest BCUT2D eigenvalue weighted by Crippen LogP contribution is 2.65. The molecule has 1 atom stereocenters. The summed E-state index contributed by atoms with van der Waals surface area (Å²) in [4.78, 5) is 2.56. The van der Waals surface area contributed by atoms with Crippen LogP contribution >= 0.6 is 0 Å². The zero-order valence-corrected chi connectivity index (χ0v) is 40.1. The number of nitrogens with zero attached hydrogens (tertiary/aromatic N) is 2. The molecule has 15 rings (SSSR count). The molecule has 0 amide bonds. The van der Waals surface area contributed by atoms with Gasteiger partial charge in [-0.3, -0.25) is 0 Å². The van der Waals surface area contributed by atoms with Gasteiger partial charge in [-0.2, -0.15) is 0 Å². The van der Waals surface area contributed by atoms with E-state index in [4.69, 9.17) is 0 Å². The lowest BCUT2D eigenvalue weighted by molar-refractivity contribution is 0.660. The molecule has 1 spiro atoms. The maximum Gasteiger partial charge on any atom is 0.0726 e. The SMILES string of the molecule is CC1(C)c2ccccc2-c2ccc(N(c3cccc(-n4c5ccccc5c5cc(-c6ccccc6)ccc54)c3)c3cccc4c3-c3ccccc3C43c4ccccc4-c4ccc(-c5ccccc5)cc43)cc21. The molecule has 1 unspecified atom stereocenters. The Balaban J connectivity index is 0.989. The van der Waals surface area contributed by atoms with Gasteiger partial charge >= 0.3 is 0 Å². The van der Waals surface area contributed by atoms with Crippen molar-refractivity contribution in [2.24, 2.45) is 0 Å². The molecule has 2 nitrogen and oxygen atoms in total. The van der Waals surface area contributed by atoms with Gasteiger partial charge in [0.1, 0.15) is 0 Å². The highest BCUT2D eigenvalue weighted by Gasteiger charge is 2.52. The Morgan fingerprint density at radius 2 is 0.861 bits per heavy atom. The van der Waals surface area contributed by atoms with Crippen LogP contribution in [0.15, 0.2) is 255 Å². The molecule has 0 saturated carbocycles. The van der Waals surface area contributed by atoms with Gasteiger partial charge in [-0.25, -0.2) is 0 Å². The number of fused-ring (bicyclic) bond motifs is 16. The molecule has 0 bridgehead atoms. The summed E-state index contributed by atoms with van der Waals surface area (Å²) in [6, 6.07) is 95.4. The largest absolute Gasteiger partial charge is 0.310 e. The average Bonchev–Trinajstić information content (AvgIpc) is 4.11. The van der Waals surface area contributed by atoms with Crippen molar-refractivity contribution in [3.8, 4) is 61.3 Å². The fourth-order valence-corrected chi connectivity index (χ4v) is 13.3. The number of rotatable bonds is 6. The van der Waals surface area contributed by atoms with Crippen molar-refractivity contribution in [2.75, 3.05) is 4.90 Å². The lowest BCUT2D eigenvalue weighted by Gasteiger charge is -2.32. The maximum atomic E-state index is 2.56. The average molecular weight is 917 g/mol. The smallest absolute Gasteiger partial charge is 0.0726 e. The Labute approximate surface area is 420 Å². The number of hydrogen-bond acceptors (Lipinski definition) is 1. The minimum absolute atomic E-state index is 0.181. The summed E-state index contributed by atoms with van der Waals surface area (Å²) in [5.41, 5.74) is 26.8. The van der Waals surface area contributed by atoms with Crippen molar-refractivity contribution in [1.82, 2.24) is 4.57 Å². The third-order valence-corrected chi connectivity index (χ3v) is 16.4. The lowest BCUT2D eigenvalue weighted by atomic mass is 9.70. The number of anilines is 3. The molecule has 72 heavy (non-hydrogen) atoms. The first-order valence-corrected chi connectivity index (χ1v) is 25.3. The van der Waals surface area contributed by atoms with Crippen LogP contribution in [0.25, 0.3) is 83.1 Å². The number of hydrogen-bond donors (Lipinski definition) is 0. The van der Waals surface area contributed by atoms with Crippen LogP contribution in [0.5, 0.6) is 0 Å². The first-order chi connectivity index (χ1) is 35.5. The summed E-state index contributed by atoms with van der Waals surface area (Å²) in [7, 11) is 0. The molecule has 0 aliphatic heterocycles. The van der Waals surface area contributed by atoms with Gasteiger partial charge in [0.05, 0.1) is 22.1 Å². The quantitative estimate of drug-likeness (QED) is 0.161. The Morgan fingerprint density at radius 1 is 0.319 bits per heavy atom. The first-order valence-electron chi connectivity index (χ1n) is 25.3. The van der Waals surface area contributed by atoms with Gasteiger partial charge in [-0.1, -0.05) is 208 Å². The van der Waals surface area contributed by atoms with E-state index in [1.165, 1.54) is 111 Å². The monoisotopic (exact) mass is 916 g/mol. The van der Waals surface area contributed by atoms with E-state index in [1.807, 2.05) is 0 Å². The number of benzene rings is 11. The molecule has 0 radical (unpaired) electrons. The summed E-state index contributed by atoms with van der Waals surface area (Å²) in [5.74, 6) is 0. The van der Waals surface area contributed by atoms with Crippen LogP contribution in [0.2, 0.25) is 0 Å². The van der Waals surface area contributed by atoms with Gasteiger partial charge in [-0.15, -0.1) is 0 Å². The van der Waals surface area contributed by atoms with Crippen LogP contribution < -0.4 is 4.90 Å². The second kappa shape index (κ2) is 15.3. The van der Waals surface area contributed by atoms with E-state index >= 15 is 0 Å². The maximum absolute atomic E-state index is 2.56. The topological polar surface area (TPSA) is 8.17 Å². The Bertz CT molecular complexity index is 4190. The Hall–Kier alpha value is -8.98. The van der Waals surface area contributed by atoms with Gasteiger partial charge in [0.25, 0.3) is 0 Å². The molecule has 3 aliphatic rings. The van der Waals surface area contributed by atoms with Crippen LogP contribution in [0.1, 0.15) is 47.2 Å². The fraction of sp³-hybridized carbons (Fsp3) is 0.0571. The molecule has 338 valence electrons. The van der Waals surface area contributed by atoms with Crippen molar-refractivity contribution in [3.05, 3.63) is 288 Å². The highest BCUT2D eigenvalue weighted by molar-refractivity contribution is 6.11. The van der Waals surface area contributed by atoms with Crippen LogP contribution in [0.4, 0.5) is 17.1 Å². The van der Waals surface area contributed by atoms with Crippen molar-refractivity contribution < 1.29 is 0 Å². The minimum atomic E-state index is -0.532. The molecule has 11 aromatic carbocycles. The summed E-state index contributed by atoms with van der Waals surface area (Å²) >= 11 is 0. The predicted molar refractivity (Wildman–Crippen MR) is 300 cm³/mol. The third kappa shape index (κ3) is 5.61. The molecular formula is C70H48N2. The van der Waals surface area contributed by atoms with Crippen LogP contribution in [-0.2, 0) is 10.8 Å². The fourth-order valence-electron chi connectivity index (χ4n) is 13.3. The van der Waals surface area contributed by atoms with E-state index in [9.17, 15) is 0 Å². The zero-order valence-electron chi connectivity index (χ0n) is 40.1. The van der Waals surface area contributed by atoms with E-state index in [1.54, 1.807) is 0 Å². The van der Waals surface area contributed by atoms with E-state index in [-0.39, 0.29) is 5.41 Å². The third-order valence-electron chi connectivity index (χ3n) is 16.4. The molecule has 1 heterocycles. The molecule has 3 aliphatic carbocycles. The second-order valence-electron chi connectivity index (χ2n) is 20.4. The van der Waals surface area contributed by atoms with Crippen LogP contribution in [-0.4, -0.2) is 4.57 Å². The number of aromatic nitrogens is 1. The van der Waals surface area contributed by atoms with Gasteiger partial charge in [-0.05, 0) is 144 Å². The summed E-state index contributed by atoms with van der Waals surface area (Å²) < 4.78 is 2.46. The lowest BCUT2D eigenvalue weighted by Crippen LogP contribution is -2.26. The molecule has 0 saturated heterocycles. The highest BCUT2D eigenvalue weighted by atomic mass is 15.1. The van der Waals surface area contributed by atoms with Crippen molar-refractivity contribution in [1.29, 1.82) is 0 Å². The Morgan fingerprint density at radius 3 is 1.64 bits per heavy atom. The minimum Gasteiger partial charge on any atom is -0.310 e. The van der Waals surface area contributed by atoms with E-state index in [0.29, 0.717) is 0 Å². The standard InChI is InChI=1S/C70H48N2/c1-69(2)59-29-13-9-25-52(59)54-39-37-51(44-63(54)69)71(49-23-17-24-50(43-49)72-65-33-16-12-27-56(65)58-41-47(36-40-66(58)72)45-19-5-3-6-20-45)67-34-18-32-62-68(67)57-28-11-15-31-61(57)70(62)60-30-14-10-26-53(60)55-38-35-48(42-64(55)70)46-21-7-4-8-22-46/h3-44H,1-2H3. The summed E-state index contributed by atoms with van der Waals surface area (Å²) in [6.07, 6.45) is 0. The number of para-hydroxylation sites is 1. The molecule has 12 aromatic rings.